The molecule has 0 aliphatic carbocycles. The summed E-state index contributed by atoms with van der Waals surface area (Å²) in [6.07, 6.45) is -3.53. The van der Waals surface area contributed by atoms with Crippen molar-refractivity contribution < 1.29 is 33.3 Å². The lowest BCUT2D eigenvalue weighted by atomic mass is 10.0. The average molecular weight is 413 g/mol. The van der Waals surface area contributed by atoms with Crippen LogP contribution in [0.2, 0.25) is 0 Å². The molecular weight excluding hydrogens is 390 g/mol. The number of rotatable bonds is 6. The molecule has 29 heavy (non-hydrogen) atoms. The number of H-pyrrole nitrogens is 1. The van der Waals surface area contributed by atoms with E-state index in [0.29, 0.717) is 0 Å². The Morgan fingerprint density at radius 1 is 1.21 bits per heavy atom. The van der Waals surface area contributed by atoms with Crippen LogP contribution in [-0.4, -0.2) is 58.9 Å². The van der Waals surface area contributed by atoms with Crippen molar-refractivity contribution in [2.75, 3.05) is 7.11 Å². The van der Waals surface area contributed by atoms with E-state index in [2.05, 4.69) is 9.72 Å². The van der Waals surface area contributed by atoms with Gasteiger partial charge < -0.3 is 24.7 Å². The van der Waals surface area contributed by atoms with Crippen LogP contribution in [-0.2, 0) is 33.3 Å². The van der Waals surface area contributed by atoms with Crippen LogP contribution in [0.3, 0.4) is 0 Å². The van der Waals surface area contributed by atoms with E-state index in [1.165, 1.54) is 13.1 Å². The minimum atomic E-state index is -1.24. The molecule has 2 rings (SSSR count). The van der Waals surface area contributed by atoms with Crippen LogP contribution < -0.4 is 17.0 Å². The number of nitrogens with zero attached hydrogens (tertiary/aromatic N) is 1. The first kappa shape index (κ1) is 22.3. The maximum absolute atomic E-state index is 12.3. The molecule has 0 radical (unpaired) electrons. The Labute approximate surface area is 164 Å². The van der Waals surface area contributed by atoms with Crippen LogP contribution in [0.5, 0.6) is 0 Å². The molecule has 0 amide bonds. The van der Waals surface area contributed by atoms with E-state index >= 15 is 0 Å². The Morgan fingerprint density at radius 2 is 1.79 bits per heavy atom. The Balaban J connectivity index is 2.48. The van der Waals surface area contributed by atoms with Gasteiger partial charge in [0.25, 0.3) is 5.56 Å². The molecule has 1 aliphatic heterocycles. The standard InChI is InChI=1S/C17H23N3O9/c1-7-6-20(17(25)19-14(7)23)15-13(28-9(3)22)12(27-8(2)21)11(29-15)5-10(18)16(24)26-4/h6,10-13,15H,5,18H2,1-4H3,(H,19,23,25)/t10-,11-,12-,13-,15-/m1/s1. The predicted molar refractivity (Wildman–Crippen MR) is 95.7 cm³/mol. The molecule has 2 heterocycles. The predicted octanol–water partition coefficient (Wildman–Crippen LogP) is -1.50. The summed E-state index contributed by atoms with van der Waals surface area (Å²) in [5.74, 6) is -2.13. The van der Waals surface area contributed by atoms with Gasteiger partial charge in [0.15, 0.2) is 18.4 Å². The first-order valence-electron chi connectivity index (χ1n) is 8.70. The fourth-order valence-corrected chi connectivity index (χ4v) is 3.05. The van der Waals surface area contributed by atoms with E-state index in [1.807, 2.05) is 0 Å². The summed E-state index contributed by atoms with van der Waals surface area (Å²) < 4.78 is 21.9. The number of hydrogen-bond acceptors (Lipinski definition) is 10. The molecule has 0 spiro atoms. The van der Waals surface area contributed by atoms with Crippen molar-refractivity contribution in [3.8, 4) is 0 Å². The molecule has 3 N–H and O–H groups in total. The number of carbonyl (C=O) groups is 3. The molecule has 1 saturated heterocycles. The molecule has 1 aliphatic rings. The number of ether oxygens (including phenoxy) is 4. The fraction of sp³-hybridized carbons (Fsp3) is 0.588. The maximum Gasteiger partial charge on any atom is 0.330 e. The Hall–Kier alpha value is -2.99. The SMILES string of the molecule is COC(=O)[C@H](N)C[C@H]1O[C@@H](n2cc(C)c(=O)[nH]c2=O)[C@H](OC(C)=O)[C@@H]1OC(C)=O. The molecule has 1 aromatic rings. The van der Waals surface area contributed by atoms with Crippen molar-refractivity contribution >= 4 is 17.9 Å². The van der Waals surface area contributed by atoms with E-state index < -0.39 is 59.7 Å². The Kier molecular flexibility index (Phi) is 6.93. The molecule has 0 unspecified atom stereocenters. The van der Waals surface area contributed by atoms with Crippen molar-refractivity contribution in [2.45, 2.75) is 57.8 Å². The van der Waals surface area contributed by atoms with E-state index in [9.17, 15) is 24.0 Å². The lowest BCUT2D eigenvalue weighted by Gasteiger charge is -2.24. The number of nitrogens with two attached hydrogens (primary N) is 1. The number of carbonyl (C=O) groups excluding carboxylic acids is 3. The van der Waals surface area contributed by atoms with Gasteiger partial charge in [-0.2, -0.15) is 0 Å². The van der Waals surface area contributed by atoms with E-state index in [0.717, 1.165) is 25.5 Å². The largest absolute Gasteiger partial charge is 0.468 e. The highest BCUT2D eigenvalue weighted by Crippen LogP contribution is 2.35. The van der Waals surface area contributed by atoms with Crippen molar-refractivity contribution in [1.82, 2.24) is 9.55 Å². The summed E-state index contributed by atoms with van der Waals surface area (Å²) >= 11 is 0. The second-order valence-corrected chi connectivity index (χ2v) is 6.56. The van der Waals surface area contributed by atoms with Gasteiger partial charge in [0.05, 0.1) is 7.11 Å². The van der Waals surface area contributed by atoms with Crippen LogP contribution >= 0.6 is 0 Å². The highest BCUT2D eigenvalue weighted by Gasteiger charge is 2.51. The van der Waals surface area contributed by atoms with Gasteiger partial charge in [0.1, 0.15) is 12.1 Å². The molecule has 0 aromatic carbocycles. The first-order valence-corrected chi connectivity index (χ1v) is 8.70. The highest BCUT2D eigenvalue weighted by atomic mass is 16.6. The number of methoxy groups -OCH3 is 1. The second kappa shape index (κ2) is 9.01. The van der Waals surface area contributed by atoms with Crippen LogP contribution in [0, 0.1) is 6.92 Å². The number of aryl methyl sites for hydroxylation is 1. The van der Waals surface area contributed by atoms with Gasteiger partial charge in [-0.25, -0.2) is 4.79 Å². The molecule has 1 fully saturated rings. The van der Waals surface area contributed by atoms with Crippen molar-refractivity contribution in [1.29, 1.82) is 0 Å². The maximum atomic E-state index is 12.3. The molecule has 160 valence electrons. The fourth-order valence-electron chi connectivity index (χ4n) is 3.05. The zero-order valence-electron chi connectivity index (χ0n) is 16.4. The average Bonchev–Trinajstić information content (AvgIpc) is 2.93. The molecule has 0 bridgehead atoms. The quantitative estimate of drug-likeness (QED) is 0.413. The number of hydrogen-bond donors (Lipinski definition) is 2. The number of nitrogens with one attached hydrogen (secondary N) is 1. The van der Waals surface area contributed by atoms with Crippen LogP contribution in [0.25, 0.3) is 0 Å². The van der Waals surface area contributed by atoms with Gasteiger partial charge in [0.2, 0.25) is 0 Å². The van der Waals surface area contributed by atoms with Crippen molar-refractivity contribution in [3.05, 3.63) is 32.6 Å². The van der Waals surface area contributed by atoms with Gasteiger partial charge in [-0.1, -0.05) is 0 Å². The van der Waals surface area contributed by atoms with Crippen LogP contribution in [0.1, 0.15) is 32.1 Å². The first-order chi connectivity index (χ1) is 13.5. The summed E-state index contributed by atoms with van der Waals surface area (Å²) in [6.45, 7) is 3.75. The van der Waals surface area contributed by atoms with Gasteiger partial charge >= 0.3 is 23.6 Å². The lowest BCUT2D eigenvalue weighted by Crippen LogP contribution is -2.43. The van der Waals surface area contributed by atoms with Gasteiger partial charge in [-0.15, -0.1) is 0 Å². The number of aromatic nitrogens is 2. The topological polar surface area (TPSA) is 169 Å². The third-order valence-electron chi connectivity index (χ3n) is 4.30. The van der Waals surface area contributed by atoms with Gasteiger partial charge in [-0.05, 0) is 6.92 Å². The zero-order valence-corrected chi connectivity index (χ0v) is 16.4. The zero-order chi connectivity index (χ0) is 21.9. The van der Waals surface area contributed by atoms with Gasteiger partial charge in [0, 0.05) is 32.0 Å². The number of aromatic amines is 1. The van der Waals surface area contributed by atoms with Crippen molar-refractivity contribution in [3.63, 3.8) is 0 Å². The van der Waals surface area contributed by atoms with Crippen molar-refractivity contribution in [2.24, 2.45) is 5.73 Å². The molecule has 12 nitrogen and oxygen atoms in total. The Morgan fingerprint density at radius 3 is 2.34 bits per heavy atom. The van der Waals surface area contributed by atoms with E-state index in [-0.39, 0.29) is 12.0 Å². The summed E-state index contributed by atoms with van der Waals surface area (Å²) in [7, 11) is 1.16. The summed E-state index contributed by atoms with van der Waals surface area (Å²) in [4.78, 5) is 61.0. The smallest absolute Gasteiger partial charge is 0.330 e. The van der Waals surface area contributed by atoms with Gasteiger partial charge in [-0.3, -0.25) is 28.7 Å². The van der Waals surface area contributed by atoms with Crippen LogP contribution in [0.4, 0.5) is 0 Å². The summed E-state index contributed by atoms with van der Waals surface area (Å²) in [5, 5.41) is 0. The minimum absolute atomic E-state index is 0.143. The molecule has 0 saturated carbocycles. The summed E-state index contributed by atoms with van der Waals surface area (Å²) in [6, 6.07) is -1.12. The molecule has 12 heteroatoms. The lowest BCUT2D eigenvalue weighted by molar-refractivity contribution is -0.165. The molecule has 5 atom stereocenters. The summed E-state index contributed by atoms with van der Waals surface area (Å²) in [5.41, 5.74) is 4.58. The van der Waals surface area contributed by atoms with Crippen LogP contribution in [0.15, 0.2) is 15.8 Å². The van der Waals surface area contributed by atoms with E-state index in [1.54, 1.807) is 0 Å². The monoisotopic (exact) mass is 413 g/mol. The third kappa shape index (κ3) is 5.09. The third-order valence-corrected chi connectivity index (χ3v) is 4.30. The highest BCUT2D eigenvalue weighted by molar-refractivity contribution is 5.75. The molecule has 1 aromatic heterocycles. The number of esters is 3. The normalized spacial score (nSPS) is 24.6. The Bertz CT molecular complexity index is 906. The minimum Gasteiger partial charge on any atom is -0.468 e. The van der Waals surface area contributed by atoms with E-state index in [4.69, 9.17) is 19.9 Å². The second-order valence-electron chi connectivity index (χ2n) is 6.56. The molecular formula is C17H23N3O9.